The third kappa shape index (κ3) is 2.92. The summed E-state index contributed by atoms with van der Waals surface area (Å²) in [4.78, 5) is 12.5. The van der Waals surface area contributed by atoms with E-state index in [0.29, 0.717) is 12.4 Å². The Morgan fingerprint density at radius 2 is 1.85 bits per heavy atom. The molecule has 3 aromatic rings. The number of rotatable bonds is 3. The standard InChI is InChI=1S/C19H20N6O/c1-13-7-3-4-8-14(13)12-25-18(22-23-24-25)19(2)11-17(26)20-15-9-5-6-10-16(15)21-19/h3-10,21H,11-12H2,1-2H3,(H,20,26). The van der Waals surface area contributed by atoms with Crippen molar-refractivity contribution in [2.45, 2.75) is 32.4 Å². The lowest BCUT2D eigenvalue weighted by Gasteiger charge is -2.28. The lowest BCUT2D eigenvalue weighted by atomic mass is 9.96. The third-order valence-electron chi connectivity index (χ3n) is 4.73. The van der Waals surface area contributed by atoms with Gasteiger partial charge in [-0.15, -0.1) is 5.10 Å². The van der Waals surface area contributed by atoms with Gasteiger partial charge < -0.3 is 10.6 Å². The third-order valence-corrected chi connectivity index (χ3v) is 4.73. The van der Waals surface area contributed by atoms with Gasteiger partial charge in [0.1, 0.15) is 5.54 Å². The molecule has 4 rings (SSSR count). The Morgan fingerprint density at radius 3 is 2.65 bits per heavy atom. The molecule has 0 bridgehead atoms. The summed E-state index contributed by atoms with van der Waals surface area (Å²) < 4.78 is 1.76. The Balaban J connectivity index is 1.72. The summed E-state index contributed by atoms with van der Waals surface area (Å²) in [6.07, 6.45) is 0.232. The molecule has 2 N–H and O–H groups in total. The second-order valence-corrected chi connectivity index (χ2v) is 6.81. The number of carbonyl (C=O) groups is 1. The van der Waals surface area contributed by atoms with Crippen LogP contribution in [0.5, 0.6) is 0 Å². The van der Waals surface area contributed by atoms with E-state index < -0.39 is 5.54 Å². The highest BCUT2D eigenvalue weighted by molar-refractivity contribution is 5.96. The highest BCUT2D eigenvalue weighted by Crippen LogP contribution is 2.35. The molecule has 0 aliphatic carbocycles. The maximum atomic E-state index is 12.5. The molecule has 0 fully saturated rings. The number of hydrogen-bond donors (Lipinski definition) is 2. The predicted octanol–water partition coefficient (Wildman–Crippen LogP) is 2.70. The lowest BCUT2D eigenvalue weighted by molar-refractivity contribution is -0.117. The Morgan fingerprint density at radius 1 is 1.12 bits per heavy atom. The Hall–Kier alpha value is -3.22. The van der Waals surface area contributed by atoms with Crippen LogP contribution in [0.1, 0.15) is 30.3 Å². The number of amides is 1. The van der Waals surface area contributed by atoms with Crippen LogP contribution in [0.25, 0.3) is 0 Å². The van der Waals surface area contributed by atoms with E-state index in [0.717, 1.165) is 16.9 Å². The lowest BCUT2D eigenvalue weighted by Crippen LogP contribution is -2.37. The number of tetrazole rings is 1. The first-order chi connectivity index (χ1) is 12.5. The molecule has 1 amide bonds. The molecule has 0 saturated heterocycles. The zero-order chi connectivity index (χ0) is 18.1. The van der Waals surface area contributed by atoms with E-state index in [-0.39, 0.29) is 12.3 Å². The van der Waals surface area contributed by atoms with Crippen molar-refractivity contribution in [3.63, 3.8) is 0 Å². The molecule has 1 aliphatic heterocycles. The zero-order valence-corrected chi connectivity index (χ0v) is 14.7. The van der Waals surface area contributed by atoms with Gasteiger partial charge in [-0.3, -0.25) is 4.79 Å². The van der Waals surface area contributed by atoms with E-state index >= 15 is 0 Å². The van der Waals surface area contributed by atoms with Crippen LogP contribution in [0.3, 0.4) is 0 Å². The Kier molecular flexibility index (Phi) is 3.91. The first-order valence-corrected chi connectivity index (χ1v) is 8.53. The number of aromatic nitrogens is 4. The molecular formula is C19H20N6O. The maximum absolute atomic E-state index is 12.5. The van der Waals surface area contributed by atoms with Crippen LogP contribution in [0.2, 0.25) is 0 Å². The van der Waals surface area contributed by atoms with E-state index in [4.69, 9.17) is 0 Å². The summed E-state index contributed by atoms with van der Waals surface area (Å²) in [7, 11) is 0. The second kappa shape index (κ2) is 6.25. The topological polar surface area (TPSA) is 84.7 Å². The maximum Gasteiger partial charge on any atom is 0.227 e. The van der Waals surface area contributed by atoms with Crippen LogP contribution in [-0.4, -0.2) is 26.1 Å². The number of nitrogens with one attached hydrogen (secondary N) is 2. The summed E-state index contributed by atoms with van der Waals surface area (Å²) in [6, 6.07) is 15.8. The van der Waals surface area contributed by atoms with Gasteiger partial charge in [0, 0.05) is 0 Å². The number of benzene rings is 2. The number of aryl methyl sites for hydroxylation is 1. The van der Waals surface area contributed by atoms with Crippen molar-refractivity contribution in [2.24, 2.45) is 0 Å². The molecule has 26 heavy (non-hydrogen) atoms. The number of nitrogens with zero attached hydrogens (tertiary/aromatic N) is 4. The smallest absolute Gasteiger partial charge is 0.227 e. The Labute approximate surface area is 151 Å². The van der Waals surface area contributed by atoms with Crippen LogP contribution in [0.15, 0.2) is 48.5 Å². The van der Waals surface area contributed by atoms with E-state index in [2.05, 4.69) is 45.2 Å². The number of anilines is 2. The van der Waals surface area contributed by atoms with Gasteiger partial charge in [-0.2, -0.15) is 0 Å². The molecule has 0 saturated carbocycles. The highest BCUT2D eigenvalue weighted by atomic mass is 16.1. The van der Waals surface area contributed by atoms with Gasteiger partial charge in [0.05, 0.1) is 24.3 Å². The van der Waals surface area contributed by atoms with Gasteiger partial charge in [-0.1, -0.05) is 36.4 Å². The molecule has 1 aromatic heterocycles. The van der Waals surface area contributed by atoms with Crippen molar-refractivity contribution in [3.8, 4) is 0 Å². The molecule has 1 aliphatic rings. The largest absolute Gasteiger partial charge is 0.371 e. The average molecular weight is 348 g/mol. The van der Waals surface area contributed by atoms with Crippen molar-refractivity contribution >= 4 is 17.3 Å². The SMILES string of the molecule is Cc1ccccc1Cn1nnnc1C1(C)CC(=O)Nc2ccccc2N1. The molecule has 7 heteroatoms. The molecule has 2 aromatic carbocycles. The molecule has 1 unspecified atom stereocenters. The van der Waals surface area contributed by atoms with Crippen LogP contribution in [-0.2, 0) is 16.9 Å². The van der Waals surface area contributed by atoms with E-state index in [1.165, 1.54) is 5.56 Å². The molecule has 7 nitrogen and oxygen atoms in total. The van der Waals surface area contributed by atoms with Gasteiger partial charge in [0.2, 0.25) is 5.91 Å². The van der Waals surface area contributed by atoms with Crippen LogP contribution in [0, 0.1) is 6.92 Å². The van der Waals surface area contributed by atoms with Crippen LogP contribution < -0.4 is 10.6 Å². The van der Waals surface area contributed by atoms with E-state index in [1.54, 1.807) is 4.68 Å². The van der Waals surface area contributed by atoms with Gasteiger partial charge in [-0.05, 0) is 47.5 Å². The fraction of sp³-hybridized carbons (Fsp3) is 0.263. The van der Waals surface area contributed by atoms with Crippen molar-refractivity contribution in [3.05, 3.63) is 65.5 Å². The summed E-state index contributed by atoms with van der Waals surface area (Å²) in [5.74, 6) is 0.558. The number of para-hydroxylation sites is 2. The molecular weight excluding hydrogens is 328 g/mol. The fourth-order valence-electron chi connectivity index (χ4n) is 3.35. The first-order valence-electron chi connectivity index (χ1n) is 8.53. The second-order valence-electron chi connectivity index (χ2n) is 6.81. The van der Waals surface area contributed by atoms with Gasteiger partial charge in [0.15, 0.2) is 5.82 Å². The van der Waals surface area contributed by atoms with E-state index in [9.17, 15) is 4.79 Å². The Bertz CT molecular complexity index is 966. The van der Waals surface area contributed by atoms with Gasteiger partial charge >= 0.3 is 0 Å². The minimum atomic E-state index is -0.719. The molecule has 0 spiro atoms. The number of fused-ring (bicyclic) bond motifs is 1. The van der Waals surface area contributed by atoms with Crippen molar-refractivity contribution in [2.75, 3.05) is 10.6 Å². The van der Waals surface area contributed by atoms with E-state index in [1.807, 2.05) is 43.3 Å². The minimum Gasteiger partial charge on any atom is -0.371 e. The predicted molar refractivity (Wildman–Crippen MR) is 98.8 cm³/mol. The summed E-state index contributed by atoms with van der Waals surface area (Å²) >= 11 is 0. The number of hydrogen-bond acceptors (Lipinski definition) is 5. The molecule has 2 heterocycles. The van der Waals surface area contributed by atoms with Gasteiger partial charge in [-0.25, -0.2) is 4.68 Å². The quantitative estimate of drug-likeness (QED) is 0.760. The van der Waals surface area contributed by atoms with Crippen molar-refractivity contribution in [1.82, 2.24) is 20.2 Å². The molecule has 132 valence electrons. The molecule has 0 radical (unpaired) electrons. The van der Waals surface area contributed by atoms with Crippen LogP contribution in [0.4, 0.5) is 11.4 Å². The first kappa shape index (κ1) is 16.3. The minimum absolute atomic E-state index is 0.0737. The highest BCUT2D eigenvalue weighted by Gasteiger charge is 2.38. The fourth-order valence-corrected chi connectivity index (χ4v) is 3.35. The monoisotopic (exact) mass is 348 g/mol. The average Bonchev–Trinajstić information content (AvgIpc) is 3.02. The summed E-state index contributed by atoms with van der Waals surface area (Å²) in [5, 5.41) is 18.7. The number of carbonyl (C=O) groups excluding carboxylic acids is 1. The van der Waals surface area contributed by atoms with Crippen LogP contribution >= 0.6 is 0 Å². The molecule has 1 atom stereocenters. The van der Waals surface area contributed by atoms with Gasteiger partial charge in [0.25, 0.3) is 0 Å². The van der Waals surface area contributed by atoms with Crippen molar-refractivity contribution in [1.29, 1.82) is 0 Å². The van der Waals surface area contributed by atoms with Crippen molar-refractivity contribution < 1.29 is 4.79 Å². The summed E-state index contributed by atoms with van der Waals surface area (Å²) in [6.45, 7) is 4.57. The zero-order valence-electron chi connectivity index (χ0n) is 14.7. The normalized spacial score (nSPS) is 19.2. The summed E-state index contributed by atoms with van der Waals surface area (Å²) in [5.41, 5.74) is 3.22.